The fourth-order valence-electron chi connectivity index (χ4n) is 1.51. The molecule has 0 aliphatic carbocycles. The van der Waals surface area contributed by atoms with Gasteiger partial charge in [-0.3, -0.25) is 4.79 Å². The van der Waals surface area contributed by atoms with Gasteiger partial charge in [0, 0.05) is 18.3 Å². The van der Waals surface area contributed by atoms with E-state index >= 15 is 0 Å². The topological polar surface area (TPSA) is 55.1 Å². The summed E-state index contributed by atoms with van der Waals surface area (Å²) in [5, 5.41) is 8.61. The lowest BCUT2D eigenvalue weighted by Crippen LogP contribution is -1.97. The Balaban J connectivity index is 2.18. The van der Waals surface area contributed by atoms with Crippen molar-refractivity contribution >= 4 is 17.6 Å². The summed E-state index contributed by atoms with van der Waals surface area (Å²) in [6.07, 6.45) is 3.63. The number of nitrogens with zero attached hydrogens (tertiary/aromatic N) is 2. The van der Waals surface area contributed by atoms with Crippen LogP contribution in [0.5, 0.6) is 0 Å². The van der Waals surface area contributed by atoms with Crippen molar-refractivity contribution in [3.63, 3.8) is 0 Å². The van der Waals surface area contributed by atoms with Crippen LogP contribution in [0, 0.1) is 5.82 Å². The normalized spacial score (nSPS) is 10.6. The molecule has 4 nitrogen and oxygen atoms in total. The molecular formula is C12H10ClFN2O2. The minimum Gasteiger partial charge on any atom is -0.481 e. The van der Waals surface area contributed by atoms with Crippen LogP contribution in [0.25, 0.3) is 5.69 Å². The average molecular weight is 269 g/mol. The number of carboxylic acid groups (broad SMARTS) is 1. The molecule has 1 N–H and O–H groups in total. The smallest absolute Gasteiger partial charge is 0.303 e. The number of aromatic nitrogens is 2. The Kier molecular flexibility index (Phi) is 3.62. The number of imidazole rings is 1. The molecule has 0 atom stereocenters. The summed E-state index contributed by atoms with van der Waals surface area (Å²) in [6.45, 7) is 0. The fourth-order valence-corrected chi connectivity index (χ4v) is 1.69. The number of aliphatic carboxylic acids is 1. The Morgan fingerprint density at radius 2 is 2.28 bits per heavy atom. The molecule has 6 heteroatoms. The molecule has 0 aliphatic rings. The van der Waals surface area contributed by atoms with Crippen molar-refractivity contribution in [2.75, 3.05) is 0 Å². The summed E-state index contributed by atoms with van der Waals surface area (Å²) in [7, 11) is 0. The van der Waals surface area contributed by atoms with Crippen molar-refractivity contribution < 1.29 is 14.3 Å². The minimum absolute atomic E-state index is 0.0290. The number of aryl methyl sites for hydroxylation is 1. The molecule has 1 heterocycles. The number of hydrogen-bond acceptors (Lipinski definition) is 2. The van der Waals surface area contributed by atoms with Crippen molar-refractivity contribution in [3.05, 3.63) is 47.3 Å². The summed E-state index contributed by atoms with van der Waals surface area (Å²) in [6, 6.07) is 4.33. The van der Waals surface area contributed by atoms with E-state index in [1.54, 1.807) is 23.2 Å². The van der Waals surface area contributed by atoms with Crippen molar-refractivity contribution in [2.45, 2.75) is 12.8 Å². The molecule has 2 rings (SSSR count). The quantitative estimate of drug-likeness (QED) is 0.927. The van der Waals surface area contributed by atoms with Crippen molar-refractivity contribution in [1.29, 1.82) is 0 Å². The van der Waals surface area contributed by atoms with Gasteiger partial charge in [-0.1, -0.05) is 11.6 Å². The van der Waals surface area contributed by atoms with Gasteiger partial charge in [-0.05, 0) is 18.2 Å². The van der Waals surface area contributed by atoms with Crippen LogP contribution in [0.1, 0.15) is 12.1 Å². The van der Waals surface area contributed by atoms with Crippen LogP contribution < -0.4 is 0 Å². The molecule has 94 valence electrons. The molecule has 0 saturated carbocycles. The van der Waals surface area contributed by atoms with Crippen LogP contribution in [0.15, 0.2) is 30.7 Å². The first-order valence-corrected chi connectivity index (χ1v) is 5.64. The number of carbonyl (C=O) groups is 1. The molecule has 0 radical (unpaired) electrons. The van der Waals surface area contributed by atoms with E-state index in [1.165, 1.54) is 12.1 Å². The molecule has 0 unspecified atom stereocenters. The Morgan fingerprint density at radius 3 is 2.94 bits per heavy atom. The van der Waals surface area contributed by atoms with Crippen LogP contribution in [0.4, 0.5) is 4.39 Å². The zero-order valence-corrected chi connectivity index (χ0v) is 10.1. The molecule has 1 aromatic carbocycles. The Labute approximate surface area is 108 Å². The zero-order valence-electron chi connectivity index (χ0n) is 9.31. The average Bonchev–Trinajstić information content (AvgIpc) is 2.79. The molecule has 0 bridgehead atoms. The third-order valence-corrected chi connectivity index (χ3v) is 2.72. The summed E-state index contributed by atoms with van der Waals surface area (Å²) < 4.78 is 14.7. The standard InChI is InChI=1S/C12H10ClFN2O2/c13-10-5-9(2-3-11(10)14)16-6-8(15-7-16)1-4-12(17)18/h2-3,5-7H,1,4H2,(H,17,18). The predicted molar refractivity (Wildman–Crippen MR) is 64.5 cm³/mol. The molecule has 0 aliphatic heterocycles. The third-order valence-electron chi connectivity index (χ3n) is 2.43. The number of benzene rings is 1. The maximum absolute atomic E-state index is 13.0. The first kappa shape index (κ1) is 12.6. The lowest BCUT2D eigenvalue weighted by Gasteiger charge is -2.02. The number of carboxylic acids is 1. The molecule has 0 fully saturated rings. The largest absolute Gasteiger partial charge is 0.481 e. The third kappa shape index (κ3) is 2.87. The van der Waals surface area contributed by atoms with Crippen molar-refractivity contribution in [2.24, 2.45) is 0 Å². The van der Waals surface area contributed by atoms with E-state index in [2.05, 4.69) is 4.98 Å². The highest BCUT2D eigenvalue weighted by Crippen LogP contribution is 2.19. The monoisotopic (exact) mass is 268 g/mol. The van der Waals surface area contributed by atoms with Gasteiger partial charge < -0.3 is 9.67 Å². The van der Waals surface area contributed by atoms with E-state index in [9.17, 15) is 9.18 Å². The van der Waals surface area contributed by atoms with E-state index in [0.717, 1.165) is 0 Å². The second kappa shape index (κ2) is 5.18. The van der Waals surface area contributed by atoms with E-state index < -0.39 is 11.8 Å². The van der Waals surface area contributed by atoms with E-state index in [-0.39, 0.29) is 11.4 Å². The summed E-state index contributed by atoms with van der Waals surface area (Å²) in [5.41, 5.74) is 1.34. The van der Waals surface area contributed by atoms with Gasteiger partial charge >= 0.3 is 5.97 Å². The van der Waals surface area contributed by atoms with Gasteiger partial charge in [0.1, 0.15) is 5.82 Å². The van der Waals surface area contributed by atoms with Crippen molar-refractivity contribution in [3.8, 4) is 5.69 Å². The highest BCUT2D eigenvalue weighted by atomic mass is 35.5. The van der Waals surface area contributed by atoms with Crippen LogP contribution in [0.3, 0.4) is 0 Å². The molecule has 0 amide bonds. The lowest BCUT2D eigenvalue weighted by molar-refractivity contribution is -0.136. The second-order valence-corrected chi connectivity index (χ2v) is 4.17. The van der Waals surface area contributed by atoms with Gasteiger partial charge in [-0.2, -0.15) is 0 Å². The van der Waals surface area contributed by atoms with Crippen LogP contribution in [-0.4, -0.2) is 20.6 Å². The predicted octanol–water partition coefficient (Wildman–Crippen LogP) is 2.68. The highest BCUT2D eigenvalue weighted by Gasteiger charge is 2.06. The summed E-state index contributed by atoms with van der Waals surface area (Å²) in [4.78, 5) is 14.5. The first-order valence-electron chi connectivity index (χ1n) is 5.26. The fraction of sp³-hybridized carbons (Fsp3) is 0.167. The number of rotatable bonds is 4. The number of halogens is 2. The molecule has 0 saturated heterocycles. The van der Waals surface area contributed by atoms with Crippen molar-refractivity contribution in [1.82, 2.24) is 9.55 Å². The van der Waals surface area contributed by atoms with Gasteiger partial charge in [-0.25, -0.2) is 9.37 Å². The molecular weight excluding hydrogens is 259 g/mol. The van der Waals surface area contributed by atoms with Crippen LogP contribution in [-0.2, 0) is 11.2 Å². The van der Waals surface area contributed by atoms with Gasteiger partial charge in [0.15, 0.2) is 0 Å². The van der Waals surface area contributed by atoms with Gasteiger partial charge in [0.25, 0.3) is 0 Å². The van der Waals surface area contributed by atoms with E-state index in [1.807, 2.05) is 0 Å². The van der Waals surface area contributed by atoms with Gasteiger partial charge in [-0.15, -0.1) is 0 Å². The highest BCUT2D eigenvalue weighted by molar-refractivity contribution is 6.30. The summed E-state index contributed by atoms with van der Waals surface area (Å²) in [5.74, 6) is -1.35. The Bertz CT molecular complexity index is 583. The van der Waals surface area contributed by atoms with Gasteiger partial charge in [0.2, 0.25) is 0 Å². The maximum Gasteiger partial charge on any atom is 0.303 e. The Hall–Kier alpha value is -1.88. The molecule has 2 aromatic rings. The first-order chi connectivity index (χ1) is 8.56. The summed E-state index contributed by atoms with van der Waals surface area (Å²) >= 11 is 5.69. The maximum atomic E-state index is 13.0. The minimum atomic E-state index is -0.866. The van der Waals surface area contributed by atoms with E-state index in [4.69, 9.17) is 16.7 Å². The zero-order chi connectivity index (χ0) is 13.1. The van der Waals surface area contributed by atoms with Crippen LogP contribution >= 0.6 is 11.6 Å². The lowest BCUT2D eigenvalue weighted by atomic mass is 10.2. The molecule has 1 aromatic heterocycles. The Morgan fingerprint density at radius 1 is 1.50 bits per heavy atom. The molecule has 18 heavy (non-hydrogen) atoms. The van der Waals surface area contributed by atoms with E-state index in [0.29, 0.717) is 17.8 Å². The second-order valence-electron chi connectivity index (χ2n) is 3.76. The number of hydrogen-bond donors (Lipinski definition) is 1. The van der Waals surface area contributed by atoms with Gasteiger partial charge in [0.05, 0.1) is 23.5 Å². The molecule has 0 spiro atoms. The SMILES string of the molecule is O=C(O)CCc1cn(-c2ccc(F)c(Cl)c2)cn1. The van der Waals surface area contributed by atoms with Crippen LogP contribution in [0.2, 0.25) is 5.02 Å².